The molecule has 1 unspecified atom stereocenters. The summed E-state index contributed by atoms with van der Waals surface area (Å²) in [5.74, 6) is -0.106. The Morgan fingerprint density at radius 1 is 1.00 bits per heavy atom. The van der Waals surface area contributed by atoms with Crippen molar-refractivity contribution in [3.8, 4) is 5.75 Å². The maximum absolute atomic E-state index is 13.2. The van der Waals surface area contributed by atoms with Crippen LogP contribution in [0.5, 0.6) is 5.75 Å². The van der Waals surface area contributed by atoms with Crippen LogP contribution in [0.1, 0.15) is 78.9 Å². The van der Waals surface area contributed by atoms with Crippen LogP contribution in [0.3, 0.4) is 0 Å². The summed E-state index contributed by atoms with van der Waals surface area (Å²) in [6, 6.07) is 12.1. The molecule has 12 nitrogen and oxygen atoms in total. The zero-order valence-electron chi connectivity index (χ0n) is 24.6. The van der Waals surface area contributed by atoms with Crippen molar-refractivity contribution in [1.29, 1.82) is 0 Å². The number of hydrazine groups is 1. The van der Waals surface area contributed by atoms with Crippen molar-refractivity contribution >= 4 is 29.1 Å². The highest BCUT2D eigenvalue weighted by atomic mass is 16.6. The molecule has 0 aliphatic rings. The van der Waals surface area contributed by atoms with E-state index >= 15 is 0 Å². The molecule has 2 aromatic carbocycles. The molecule has 3 aromatic rings. The van der Waals surface area contributed by atoms with Crippen LogP contribution in [0.4, 0.5) is 22.0 Å². The van der Waals surface area contributed by atoms with Gasteiger partial charge in [0, 0.05) is 16.0 Å². The molecule has 2 amide bonds. The fraction of sp³-hybridized carbons (Fsp3) is 0.448. The summed E-state index contributed by atoms with van der Waals surface area (Å²) in [6.07, 6.45) is 2.58. The lowest BCUT2D eigenvalue weighted by molar-refractivity contribution is -0.389. The van der Waals surface area contributed by atoms with Crippen LogP contribution >= 0.6 is 0 Å². The Bertz CT molecular complexity index is 1380. The number of nitrogens with zero attached hydrogens (tertiary/aromatic N) is 4. The molecule has 0 aliphatic heterocycles. The Balaban J connectivity index is 1.67. The van der Waals surface area contributed by atoms with Crippen molar-refractivity contribution in [2.75, 3.05) is 10.7 Å². The van der Waals surface area contributed by atoms with Gasteiger partial charge in [0.1, 0.15) is 5.75 Å². The normalized spacial score (nSPS) is 12.4. The molecule has 3 rings (SSSR count). The molecule has 1 aromatic heterocycles. The van der Waals surface area contributed by atoms with Gasteiger partial charge >= 0.3 is 11.8 Å². The van der Waals surface area contributed by atoms with E-state index < -0.39 is 22.9 Å². The van der Waals surface area contributed by atoms with Gasteiger partial charge < -0.3 is 20.2 Å². The molecule has 0 spiro atoms. The average molecular weight is 566 g/mol. The second-order valence-corrected chi connectivity index (χ2v) is 11.1. The van der Waals surface area contributed by atoms with Gasteiger partial charge in [0.25, 0.3) is 5.91 Å². The van der Waals surface area contributed by atoms with Crippen molar-refractivity contribution in [3.05, 3.63) is 69.9 Å². The van der Waals surface area contributed by atoms with E-state index in [0.29, 0.717) is 28.3 Å². The lowest BCUT2D eigenvalue weighted by Crippen LogP contribution is -2.35. The third-order valence-corrected chi connectivity index (χ3v) is 7.51. The fourth-order valence-corrected chi connectivity index (χ4v) is 3.92. The minimum Gasteiger partial charge on any atom is -0.480 e. The minimum absolute atomic E-state index is 0.0271. The van der Waals surface area contributed by atoms with Crippen LogP contribution in [0, 0.1) is 10.1 Å². The number of rotatable bonds is 12. The van der Waals surface area contributed by atoms with E-state index in [4.69, 9.17) is 4.74 Å². The molecule has 12 heteroatoms. The number of amides is 2. The van der Waals surface area contributed by atoms with Gasteiger partial charge in [-0.3, -0.25) is 10.2 Å². The number of hydrogen-bond acceptors (Lipinski definition) is 8. The van der Waals surface area contributed by atoms with Gasteiger partial charge in [-0.1, -0.05) is 60.6 Å². The molecule has 220 valence electrons. The topological polar surface area (TPSA) is 153 Å². The first-order valence-electron chi connectivity index (χ1n) is 13.7. The molecule has 41 heavy (non-hydrogen) atoms. The quantitative estimate of drug-likeness (QED) is 0.180. The summed E-state index contributed by atoms with van der Waals surface area (Å²) < 4.78 is 6.34. The van der Waals surface area contributed by atoms with Crippen LogP contribution in [0.2, 0.25) is 0 Å². The van der Waals surface area contributed by atoms with Crippen LogP contribution in [0.25, 0.3) is 0 Å². The molecule has 0 radical (unpaired) electrons. The minimum atomic E-state index is -0.810. The van der Waals surface area contributed by atoms with Gasteiger partial charge in [-0.15, -0.1) is 5.10 Å². The van der Waals surface area contributed by atoms with E-state index in [2.05, 4.69) is 80.0 Å². The van der Waals surface area contributed by atoms with Gasteiger partial charge in [-0.2, -0.15) is 0 Å². The Labute approximate surface area is 240 Å². The molecular weight excluding hydrogens is 526 g/mol. The van der Waals surface area contributed by atoms with Crippen LogP contribution < -0.4 is 20.9 Å². The smallest absolute Gasteiger partial charge is 0.411 e. The number of benzene rings is 2. The standard InChI is InChI=1S/C29H39N7O5/c1-8-23(41-24-16-11-19(28(4,5)9-2)17-22(24)29(6,7)10-3)26(37)31-20-12-14-21(15-13-20)32-33-27(38)35-30-18-25(34-35)36(39)40/h11-18,23,32H,8-10H2,1-7H3,(H,31,37)(H,33,38). The van der Waals surface area contributed by atoms with Crippen LogP contribution in [-0.4, -0.2) is 38.0 Å². The van der Waals surface area contributed by atoms with Crippen molar-refractivity contribution in [2.45, 2.75) is 84.7 Å². The first kappa shape index (κ1) is 31.1. The van der Waals surface area contributed by atoms with Crippen molar-refractivity contribution in [2.24, 2.45) is 0 Å². The Morgan fingerprint density at radius 3 is 2.20 bits per heavy atom. The van der Waals surface area contributed by atoms with E-state index in [9.17, 15) is 19.7 Å². The van der Waals surface area contributed by atoms with Crippen molar-refractivity contribution in [3.63, 3.8) is 0 Å². The maximum atomic E-state index is 13.2. The Morgan fingerprint density at radius 2 is 1.63 bits per heavy atom. The highest BCUT2D eigenvalue weighted by Crippen LogP contribution is 2.39. The fourth-order valence-electron chi connectivity index (χ4n) is 3.92. The largest absolute Gasteiger partial charge is 0.480 e. The summed E-state index contributed by atoms with van der Waals surface area (Å²) in [6.45, 7) is 15.1. The second-order valence-electron chi connectivity index (χ2n) is 11.1. The van der Waals surface area contributed by atoms with Crippen LogP contribution in [-0.2, 0) is 15.6 Å². The van der Waals surface area contributed by atoms with Gasteiger partial charge in [-0.25, -0.2) is 10.2 Å². The first-order chi connectivity index (χ1) is 19.3. The molecule has 0 fully saturated rings. The zero-order chi connectivity index (χ0) is 30.4. The van der Waals surface area contributed by atoms with Crippen molar-refractivity contribution in [1.82, 2.24) is 20.4 Å². The third-order valence-electron chi connectivity index (χ3n) is 7.51. The van der Waals surface area contributed by atoms with Crippen LogP contribution in [0.15, 0.2) is 48.7 Å². The zero-order valence-corrected chi connectivity index (χ0v) is 24.6. The van der Waals surface area contributed by atoms with E-state index in [0.717, 1.165) is 24.6 Å². The molecule has 1 atom stereocenters. The molecule has 3 N–H and O–H groups in total. The average Bonchev–Trinajstić information content (AvgIpc) is 3.46. The van der Waals surface area contributed by atoms with Gasteiger partial charge in [-0.05, 0) is 70.9 Å². The summed E-state index contributed by atoms with van der Waals surface area (Å²) in [4.78, 5) is 35.8. The predicted octanol–water partition coefficient (Wildman–Crippen LogP) is 5.94. The Kier molecular flexibility index (Phi) is 9.69. The summed E-state index contributed by atoms with van der Waals surface area (Å²) in [5.41, 5.74) is 8.28. The SMILES string of the molecule is CCC(Oc1ccc(C(C)(C)CC)cc1C(C)(C)CC)C(=O)Nc1ccc(NNC(=O)n2ncc([N+](=O)[O-])n2)cc1. The number of aromatic nitrogens is 3. The first-order valence-corrected chi connectivity index (χ1v) is 13.7. The van der Waals surface area contributed by atoms with Gasteiger partial charge in [0.2, 0.25) is 0 Å². The van der Waals surface area contributed by atoms with E-state index in [-0.39, 0.29) is 16.7 Å². The predicted molar refractivity (Wildman–Crippen MR) is 157 cm³/mol. The number of anilines is 2. The van der Waals surface area contributed by atoms with E-state index in [1.165, 1.54) is 5.56 Å². The lowest BCUT2D eigenvalue weighted by atomic mass is 9.76. The molecule has 0 aliphatic carbocycles. The molecule has 0 bridgehead atoms. The number of nitrogens with one attached hydrogen (secondary N) is 3. The summed E-state index contributed by atoms with van der Waals surface area (Å²) >= 11 is 0. The van der Waals surface area contributed by atoms with Crippen molar-refractivity contribution < 1.29 is 19.2 Å². The number of carbonyl (C=O) groups excluding carboxylic acids is 2. The maximum Gasteiger partial charge on any atom is 0.411 e. The monoisotopic (exact) mass is 565 g/mol. The number of carbonyl (C=O) groups is 2. The highest BCUT2D eigenvalue weighted by molar-refractivity contribution is 5.94. The lowest BCUT2D eigenvalue weighted by Gasteiger charge is -2.31. The molecule has 0 saturated carbocycles. The van der Waals surface area contributed by atoms with Gasteiger partial charge in [0.15, 0.2) is 12.3 Å². The highest BCUT2D eigenvalue weighted by Gasteiger charge is 2.29. The number of hydrogen-bond donors (Lipinski definition) is 3. The third kappa shape index (κ3) is 7.59. The molecule has 0 saturated heterocycles. The van der Waals surface area contributed by atoms with E-state index in [1.807, 2.05) is 13.0 Å². The molecular formula is C29H39N7O5. The summed E-state index contributed by atoms with van der Waals surface area (Å²) in [5, 5.41) is 20.6. The number of ether oxygens (including phenoxy) is 1. The van der Waals surface area contributed by atoms with E-state index in [1.54, 1.807) is 24.3 Å². The second kappa shape index (κ2) is 12.8. The Hall–Kier alpha value is -4.48. The molecule has 1 heterocycles. The number of nitro groups is 1. The van der Waals surface area contributed by atoms with Gasteiger partial charge in [0.05, 0.1) is 10.8 Å². The summed E-state index contributed by atoms with van der Waals surface area (Å²) in [7, 11) is 0.